The Labute approximate surface area is 209 Å². The number of nitrogens with zero attached hydrogens (tertiary/aromatic N) is 1. The van der Waals surface area contributed by atoms with Gasteiger partial charge in [-0.2, -0.15) is 0 Å². The number of hydrogen-bond donors (Lipinski definition) is 7. The molecule has 4 rings (SSSR count). The summed E-state index contributed by atoms with van der Waals surface area (Å²) in [5.74, 6) is 0.120. The summed E-state index contributed by atoms with van der Waals surface area (Å²) in [6, 6.07) is 4.96. The van der Waals surface area contributed by atoms with E-state index in [0.29, 0.717) is 0 Å². The maximum absolute atomic E-state index is 10.9. The highest BCUT2D eigenvalue weighted by Crippen LogP contribution is 2.34. The Balaban J connectivity index is 1.50. The second-order valence-corrected chi connectivity index (χ2v) is 8.71. The van der Waals surface area contributed by atoms with E-state index in [0.717, 1.165) is 0 Å². The topological polar surface area (TPSA) is 240 Å². The van der Waals surface area contributed by atoms with E-state index in [-0.39, 0.29) is 11.4 Å². The van der Waals surface area contributed by atoms with Crippen LogP contribution in [-0.4, -0.2) is 134 Å². The van der Waals surface area contributed by atoms with Gasteiger partial charge in [0.2, 0.25) is 6.29 Å². The molecule has 3 fully saturated rings. The van der Waals surface area contributed by atoms with Crippen molar-refractivity contribution in [2.45, 2.75) is 73.8 Å². The first-order valence-corrected chi connectivity index (χ1v) is 11.4. The lowest BCUT2D eigenvalue weighted by Gasteiger charge is -2.29. The third kappa shape index (κ3) is 5.70. The van der Waals surface area contributed by atoms with Gasteiger partial charge in [-0.3, -0.25) is 10.1 Å². The summed E-state index contributed by atoms with van der Waals surface area (Å²) in [5, 5.41) is 80.7. The number of aliphatic hydroxyl groups excluding tert-OH is 7. The van der Waals surface area contributed by atoms with E-state index in [1.807, 2.05) is 0 Å². The Hall–Kier alpha value is -2.06. The Kier molecular flexibility index (Phi) is 8.89. The highest BCUT2D eigenvalue weighted by Gasteiger charge is 2.54. The van der Waals surface area contributed by atoms with Gasteiger partial charge in [-0.1, -0.05) is 0 Å². The number of ether oxygens (including phenoxy) is 6. The van der Waals surface area contributed by atoms with Crippen LogP contribution in [0.25, 0.3) is 0 Å². The zero-order valence-corrected chi connectivity index (χ0v) is 19.2. The molecule has 3 heterocycles. The largest absolute Gasteiger partial charge is 0.462 e. The number of benzene rings is 1. The van der Waals surface area contributed by atoms with Gasteiger partial charge in [0.05, 0.1) is 24.7 Å². The van der Waals surface area contributed by atoms with Crippen molar-refractivity contribution in [3.05, 3.63) is 34.4 Å². The summed E-state index contributed by atoms with van der Waals surface area (Å²) in [6.45, 7) is -1.88. The molecule has 12 atom stereocenters. The van der Waals surface area contributed by atoms with E-state index in [4.69, 9.17) is 28.4 Å². The van der Waals surface area contributed by atoms with Gasteiger partial charge in [-0.15, -0.1) is 0 Å². The smallest absolute Gasteiger partial charge is 0.269 e. The Bertz CT molecular complexity index is 904. The van der Waals surface area contributed by atoms with Crippen molar-refractivity contribution in [3.63, 3.8) is 0 Å². The fourth-order valence-corrected chi connectivity index (χ4v) is 4.27. The second-order valence-electron chi connectivity index (χ2n) is 8.71. The van der Waals surface area contributed by atoms with Gasteiger partial charge in [-0.25, -0.2) is 0 Å². The van der Waals surface area contributed by atoms with Gasteiger partial charge in [-0.05, 0) is 12.1 Å². The normalized spacial score (nSPS) is 41.8. The van der Waals surface area contributed by atoms with Crippen LogP contribution in [0.4, 0.5) is 5.69 Å². The fourth-order valence-electron chi connectivity index (χ4n) is 4.27. The van der Waals surface area contributed by atoms with Crippen LogP contribution in [0, 0.1) is 10.1 Å². The summed E-state index contributed by atoms with van der Waals surface area (Å²) < 4.78 is 33.4. The summed E-state index contributed by atoms with van der Waals surface area (Å²) in [5.41, 5.74) is -0.186. The van der Waals surface area contributed by atoms with Gasteiger partial charge in [0, 0.05) is 12.1 Å². The molecule has 0 spiro atoms. The average molecular weight is 535 g/mol. The quantitative estimate of drug-likeness (QED) is 0.113. The van der Waals surface area contributed by atoms with Crippen molar-refractivity contribution in [2.75, 3.05) is 19.8 Å². The van der Waals surface area contributed by atoms with Crippen LogP contribution in [0.3, 0.4) is 0 Å². The SMILES string of the molecule is O=[N+]([O-])c1ccc(O[C@@H]2O[C@@H](CO)[C@H](O)[C@H]2O[C@@H]2O[C@@H](CO)[C@H](O)[C@H]2O[C@@H]2O[C@@H](CO)[C@H](O)[C@H]2O)cc1. The third-order valence-corrected chi connectivity index (χ3v) is 6.33. The van der Waals surface area contributed by atoms with Crippen molar-refractivity contribution in [1.29, 1.82) is 0 Å². The van der Waals surface area contributed by atoms with Gasteiger partial charge < -0.3 is 64.2 Å². The van der Waals surface area contributed by atoms with E-state index in [1.165, 1.54) is 24.3 Å². The molecule has 0 bridgehead atoms. The molecule has 0 aliphatic carbocycles. The predicted molar refractivity (Wildman–Crippen MR) is 115 cm³/mol. The van der Waals surface area contributed by atoms with E-state index in [1.54, 1.807) is 0 Å². The Morgan fingerprint density at radius 2 is 1.16 bits per heavy atom. The monoisotopic (exact) mass is 535 g/mol. The fraction of sp³-hybridized carbons (Fsp3) is 0.714. The minimum atomic E-state index is -1.59. The molecule has 0 saturated carbocycles. The van der Waals surface area contributed by atoms with Gasteiger partial charge in [0.15, 0.2) is 18.7 Å². The molecule has 37 heavy (non-hydrogen) atoms. The summed E-state index contributed by atoms with van der Waals surface area (Å²) in [7, 11) is 0. The standard InChI is InChI=1S/C21H29NO15/c23-5-10-13(26)16(29)19(33-10)36-18-15(28)12(7-25)35-21(18)37-17-14(27)11(6-24)34-20(17)32-9-3-1-8(2-4-9)22(30)31/h1-4,10-21,23-29H,5-7H2/t10-,11-,12-,13-,14-,15-,16+,17+,18+,19-,20+,21-/m0/s1. The van der Waals surface area contributed by atoms with Crippen LogP contribution in [-0.2, 0) is 23.7 Å². The maximum atomic E-state index is 10.9. The molecule has 0 amide bonds. The number of nitro benzene ring substituents is 1. The van der Waals surface area contributed by atoms with E-state index in [2.05, 4.69) is 0 Å². The number of hydrogen-bond acceptors (Lipinski definition) is 15. The predicted octanol–water partition coefficient (Wildman–Crippen LogP) is -3.66. The molecule has 1 aromatic carbocycles. The minimum absolute atomic E-state index is 0.120. The molecule has 208 valence electrons. The minimum Gasteiger partial charge on any atom is -0.462 e. The first kappa shape index (κ1) is 28.0. The Morgan fingerprint density at radius 1 is 0.703 bits per heavy atom. The zero-order chi connectivity index (χ0) is 26.9. The van der Waals surface area contributed by atoms with Crippen molar-refractivity contribution >= 4 is 5.69 Å². The first-order valence-electron chi connectivity index (χ1n) is 11.4. The van der Waals surface area contributed by atoms with E-state index >= 15 is 0 Å². The van der Waals surface area contributed by atoms with Crippen molar-refractivity contribution < 1.29 is 69.1 Å². The molecular formula is C21H29NO15. The Morgan fingerprint density at radius 3 is 1.68 bits per heavy atom. The number of aliphatic hydroxyl groups is 7. The molecule has 16 nitrogen and oxygen atoms in total. The number of rotatable bonds is 10. The summed E-state index contributed by atoms with van der Waals surface area (Å²) >= 11 is 0. The van der Waals surface area contributed by atoms with Crippen LogP contribution >= 0.6 is 0 Å². The highest BCUT2D eigenvalue weighted by molar-refractivity contribution is 5.36. The van der Waals surface area contributed by atoms with E-state index in [9.17, 15) is 45.9 Å². The molecule has 0 aromatic heterocycles. The molecule has 1 aromatic rings. The molecule has 0 unspecified atom stereocenters. The van der Waals surface area contributed by atoms with Crippen molar-refractivity contribution in [3.8, 4) is 5.75 Å². The van der Waals surface area contributed by atoms with Gasteiger partial charge in [0.1, 0.15) is 54.6 Å². The first-order chi connectivity index (χ1) is 17.7. The molecule has 3 saturated heterocycles. The van der Waals surface area contributed by atoms with Gasteiger partial charge in [0.25, 0.3) is 5.69 Å². The lowest BCUT2D eigenvalue weighted by molar-refractivity contribution is -0.384. The lowest BCUT2D eigenvalue weighted by atomic mass is 10.1. The third-order valence-electron chi connectivity index (χ3n) is 6.33. The van der Waals surface area contributed by atoms with Crippen LogP contribution < -0.4 is 4.74 Å². The summed E-state index contributed by atoms with van der Waals surface area (Å²) in [6.07, 6.45) is -16.6. The zero-order valence-electron chi connectivity index (χ0n) is 19.2. The summed E-state index contributed by atoms with van der Waals surface area (Å²) in [4.78, 5) is 10.3. The molecule has 3 aliphatic heterocycles. The van der Waals surface area contributed by atoms with Crippen LogP contribution in [0.1, 0.15) is 0 Å². The molecule has 3 aliphatic rings. The average Bonchev–Trinajstić information content (AvgIpc) is 3.46. The van der Waals surface area contributed by atoms with Crippen LogP contribution in [0.2, 0.25) is 0 Å². The van der Waals surface area contributed by atoms with Gasteiger partial charge >= 0.3 is 0 Å². The van der Waals surface area contributed by atoms with Crippen LogP contribution in [0.5, 0.6) is 5.75 Å². The number of non-ortho nitro benzene ring substituents is 1. The van der Waals surface area contributed by atoms with Crippen LogP contribution in [0.15, 0.2) is 24.3 Å². The molecule has 0 radical (unpaired) electrons. The molecule has 7 N–H and O–H groups in total. The van der Waals surface area contributed by atoms with E-state index < -0.39 is 98.5 Å². The van der Waals surface area contributed by atoms with Crippen molar-refractivity contribution in [2.24, 2.45) is 0 Å². The maximum Gasteiger partial charge on any atom is 0.269 e. The number of nitro groups is 1. The highest BCUT2D eigenvalue weighted by atomic mass is 16.8. The van der Waals surface area contributed by atoms with Crippen molar-refractivity contribution in [1.82, 2.24) is 0 Å². The molecular weight excluding hydrogens is 506 g/mol. The second kappa shape index (κ2) is 11.8. The lowest BCUT2D eigenvalue weighted by Crippen LogP contribution is -2.47. The molecule has 16 heteroatoms.